The first kappa shape index (κ1) is 23.9. The summed E-state index contributed by atoms with van der Waals surface area (Å²) in [6.45, 7) is 5.59. The summed E-state index contributed by atoms with van der Waals surface area (Å²) in [6.07, 6.45) is 5.59. The molecule has 1 aliphatic rings. The van der Waals surface area contributed by atoms with Crippen LogP contribution in [0.25, 0.3) is 22.3 Å². The minimum atomic E-state index is 0.0594. The lowest BCUT2D eigenvalue weighted by molar-refractivity contribution is 0.0756. The topological polar surface area (TPSA) is 102 Å². The van der Waals surface area contributed by atoms with E-state index in [1.807, 2.05) is 60.5 Å². The summed E-state index contributed by atoms with van der Waals surface area (Å²) >= 11 is 0. The van der Waals surface area contributed by atoms with Crippen LogP contribution in [0, 0.1) is 0 Å². The third-order valence-electron chi connectivity index (χ3n) is 6.47. The van der Waals surface area contributed by atoms with Gasteiger partial charge in [0, 0.05) is 48.6 Å². The second kappa shape index (κ2) is 11.3. The van der Waals surface area contributed by atoms with Gasteiger partial charge < -0.3 is 25.4 Å². The molecule has 1 aromatic carbocycles. The summed E-state index contributed by atoms with van der Waals surface area (Å²) in [5.74, 6) is 0.553. The van der Waals surface area contributed by atoms with Gasteiger partial charge in [0.05, 0.1) is 11.4 Å². The first-order valence-corrected chi connectivity index (χ1v) is 12.5. The van der Waals surface area contributed by atoms with Gasteiger partial charge in [-0.1, -0.05) is 6.07 Å². The SMILES string of the molecule is CNCCCN1CCCN(C(=O)c2cc3cc(Nc4nccc(-c5ccccn5)n4)ccc3[nH]2)CC1. The molecule has 1 aliphatic heterocycles. The normalized spacial score (nSPS) is 14.6. The van der Waals surface area contributed by atoms with E-state index in [0.29, 0.717) is 11.6 Å². The Bertz CT molecular complexity index is 1310. The number of aromatic nitrogens is 4. The van der Waals surface area contributed by atoms with E-state index in [1.54, 1.807) is 12.4 Å². The van der Waals surface area contributed by atoms with Gasteiger partial charge >= 0.3 is 0 Å². The number of carbonyl (C=O) groups excluding carboxylic acids is 1. The summed E-state index contributed by atoms with van der Waals surface area (Å²) < 4.78 is 0. The Morgan fingerprint density at radius 3 is 2.81 bits per heavy atom. The van der Waals surface area contributed by atoms with Gasteiger partial charge in [0.2, 0.25) is 5.95 Å². The molecule has 36 heavy (non-hydrogen) atoms. The zero-order valence-corrected chi connectivity index (χ0v) is 20.6. The van der Waals surface area contributed by atoms with Gasteiger partial charge in [0.15, 0.2) is 0 Å². The zero-order chi connectivity index (χ0) is 24.7. The molecular formula is C27H32N8O. The molecule has 0 bridgehead atoms. The average Bonchev–Trinajstić information content (AvgIpc) is 3.19. The van der Waals surface area contributed by atoms with Crippen molar-refractivity contribution in [2.75, 3.05) is 51.6 Å². The van der Waals surface area contributed by atoms with E-state index in [-0.39, 0.29) is 5.91 Å². The number of nitrogens with one attached hydrogen (secondary N) is 3. The molecule has 9 heteroatoms. The molecule has 9 nitrogen and oxygen atoms in total. The molecule has 0 saturated carbocycles. The second-order valence-electron chi connectivity index (χ2n) is 9.04. The lowest BCUT2D eigenvalue weighted by atomic mass is 10.2. The highest BCUT2D eigenvalue weighted by Gasteiger charge is 2.21. The van der Waals surface area contributed by atoms with Gasteiger partial charge in [0.25, 0.3) is 5.91 Å². The first-order chi connectivity index (χ1) is 17.7. The molecular weight excluding hydrogens is 452 g/mol. The Kier molecular flexibility index (Phi) is 7.49. The molecule has 0 spiro atoms. The third-order valence-corrected chi connectivity index (χ3v) is 6.47. The molecule has 3 N–H and O–H groups in total. The van der Waals surface area contributed by atoms with E-state index in [9.17, 15) is 4.79 Å². The lowest BCUT2D eigenvalue weighted by Crippen LogP contribution is -2.35. The van der Waals surface area contributed by atoms with Crippen molar-refractivity contribution in [1.29, 1.82) is 0 Å². The monoisotopic (exact) mass is 484 g/mol. The number of hydrogen-bond donors (Lipinski definition) is 3. The van der Waals surface area contributed by atoms with Gasteiger partial charge in [-0.05, 0) is 82.0 Å². The maximum atomic E-state index is 13.3. The Morgan fingerprint density at radius 2 is 1.94 bits per heavy atom. The predicted octanol–water partition coefficient (Wildman–Crippen LogP) is 3.52. The van der Waals surface area contributed by atoms with Crippen LogP contribution >= 0.6 is 0 Å². The Labute approximate surface area is 211 Å². The van der Waals surface area contributed by atoms with Crippen molar-refractivity contribution < 1.29 is 4.79 Å². The summed E-state index contributed by atoms with van der Waals surface area (Å²) in [6, 6.07) is 15.4. The highest BCUT2D eigenvalue weighted by molar-refractivity contribution is 5.98. The highest BCUT2D eigenvalue weighted by atomic mass is 16.2. The maximum Gasteiger partial charge on any atom is 0.270 e. The van der Waals surface area contributed by atoms with Crippen LogP contribution in [0.3, 0.4) is 0 Å². The number of H-pyrrole nitrogens is 1. The van der Waals surface area contributed by atoms with E-state index in [0.717, 1.165) is 80.1 Å². The third kappa shape index (κ3) is 5.69. The van der Waals surface area contributed by atoms with Crippen molar-refractivity contribution in [3.05, 3.63) is 66.6 Å². The molecule has 3 aromatic heterocycles. The predicted molar refractivity (Wildman–Crippen MR) is 142 cm³/mol. The molecule has 1 saturated heterocycles. The summed E-state index contributed by atoms with van der Waals surface area (Å²) in [4.78, 5) is 34.3. The number of nitrogens with zero attached hydrogens (tertiary/aromatic N) is 5. The number of carbonyl (C=O) groups is 1. The first-order valence-electron chi connectivity index (χ1n) is 12.5. The Balaban J connectivity index is 1.26. The van der Waals surface area contributed by atoms with Crippen molar-refractivity contribution in [3.63, 3.8) is 0 Å². The summed E-state index contributed by atoms with van der Waals surface area (Å²) in [5.41, 5.74) is 3.95. The molecule has 1 amide bonds. The minimum absolute atomic E-state index is 0.0594. The van der Waals surface area contributed by atoms with Gasteiger partial charge in [-0.25, -0.2) is 9.97 Å². The number of hydrogen-bond acceptors (Lipinski definition) is 7. The van der Waals surface area contributed by atoms with Crippen LogP contribution in [0.15, 0.2) is 60.9 Å². The fraction of sp³-hybridized carbons (Fsp3) is 0.333. The molecule has 4 aromatic rings. The summed E-state index contributed by atoms with van der Waals surface area (Å²) in [5, 5.41) is 7.44. The van der Waals surface area contributed by atoms with Crippen molar-refractivity contribution in [2.45, 2.75) is 12.8 Å². The second-order valence-corrected chi connectivity index (χ2v) is 9.04. The number of rotatable bonds is 8. The number of aromatic amines is 1. The molecule has 4 heterocycles. The van der Waals surface area contributed by atoms with Crippen LogP contribution in [0.2, 0.25) is 0 Å². The van der Waals surface area contributed by atoms with Crippen molar-refractivity contribution >= 4 is 28.4 Å². The molecule has 0 atom stereocenters. The standard InChI is InChI=1S/C27H32N8O/c1-28-10-4-13-34-14-5-15-35(17-16-34)26(36)25-19-20-18-21(7-8-22(20)32-25)31-27-30-12-9-24(33-27)23-6-2-3-11-29-23/h2-3,6-9,11-12,18-19,28,32H,4-5,10,13-17H2,1H3,(H,30,31,33). The molecule has 0 radical (unpaired) electrons. The number of amides is 1. The largest absolute Gasteiger partial charge is 0.351 e. The van der Waals surface area contributed by atoms with E-state index in [2.05, 4.69) is 35.5 Å². The fourth-order valence-corrected chi connectivity index (χ4v) is 4.58. The van der Waals surface area contributed by atoms with Crippen LogP contribution in [0.5, 0.6) is 0 Å². The smallest absolute Gasteiger partial charge is 0.270 e. The summed E-state index contributed by atoms with van der Waals surface area (Å²) in [7, 11) is 1.98. The number of benzene rings is 1. The van der Waals surface area contributed by atoms with Gasteiger partial charge in [-0.15, -0.1) is 0 Å². The Morgan fingerprint density at radius 1 is 1.00 bits per heavy atom. The molecule has 186 valence electrons. The van der Waals surface area contributed by atoms with Crippen LogP contribution in [-0.2, 0) is 0 Å². The number of pyridine rings is 1. The van der Waals surface area contributed by atoms with Crippen molar-refractivity contribution in [1.82, 2.24) is 35.1 Å². The van der Waals surface area contributed by atoms with E-state index in [1.165, 1.54) is 0 Å². The van der Waals surface area contributed by atoms with E-state index >= 15 is 0 Å². The van der Waals surface area contributed by atoms with E-state index < -0.39 is 0 Å². The minimum Gasteiger partial charge on any atom is -0.351 e. The van der Waals surface area contributed by atoms with Crippen molar-refractivity contribution in [3.8, 4) is 11.4 Å². The number of fused-ring (bicyclic) bond motifs is 1. The molecule has 0 unspecified atom stereocenters. The number of anilines is 2. The van der Waals surface area contributed by atoms with Gasteiger partial charge in [-0.2, -0.15) is 0 Å². The van der Waals surface area contributed by atoms with Crippen LogP contribution in [0.1, 0.15) is 23.3 Å². The zero-order valence-electron chi connectivity index (χ0n) is 20.6. The Hall–Kier alpha value is -3.82. The fourth-order valence-electron chi connectivity index (χ4n) is 4.58. The van der Waals surface area contributed by atoms with Crippen LogP contribution in [-0.4, -0.2) is 82.0 Å². The van der Waals surface area contributed by atoms with Crippen LogP contribution < -0.4 is 10.6 Å². The quantitative estimate of drug-likeness (QED) is 0.329. The van der Waals surface area contributed by atoms with Gasteiger partial charge in [0.1, 0.15) is 5.69 Å². The molecule has 5 rings (SSSR count). The lowest BCUT2D eigenvalue weighted by Gasteiger charge is -2.21. The molecule has 0 aliphatic carbocycles. The van der Waals surface area contributed by atoms with Crippen LogP contribution in [0.4, 0.5) is 11.6 Å². The highest BCUT2D eigenvalue weighted by Crippen LogP contribution is 2.24. The van der Waals surface area contributed by atoms with Gasteiger partial charge in [-0.3, -0.25) is 9.78 Å². The maximum absolute atomic E-state index is 13.3. The average molecular weight is 485 g/mol. The van der Waals surface area contributed by atoms with Crippen molar-refractivity contribution in [2.24, 2.45) is 0 Å². The molecule has 1 fully saturated rings. The van der Waals surface area contributed by atoms with E-state index in [4.69, 9.17) is 0 Å².